The van der Waals surface area contributed by atoms with Gasteiger partial charge in [-0.25, -0.2) is 9.66 Å². The number of imidazole rings is 1. The van der Waals surface area contributed by atoms with Gasteiger partial charge in [0.2, 0.25) is 0 Å². The molecule has 3 heterocycles. The van der Waals surface area contributed by atoms with Gasteiger partial charge in [0, 0.05) is 37.2 Å². The lowest BCUT2D eigenvalue weighted by molar-refractivity contribution is 0.849. The molecule has 7 rings (SSSR count). The molecule has 0 fully saturated rings. The van der Waals surface area contributed by atoms with Crippen molar-refractivity contribution < 1.29 is 0 Å². The number of fused-ring (bicyclic) bond motifs is 5. The summed E-state index contributed by atoms with van der Waals surface area (Å²) < 4.78 is 4.83. The number of para-hydroxylation sites is 2. The SMILES string of the molecule is C=CC1=c2c(cc3c(sc4ccccc43)/c2=C/C)C=CN1n1c(-c2ccccc2)nc2ccccc21. The number of benzene rings is 4. The molecule has 172 valence electrons. The molecule has 6 aromatic rings. The topological polar surface area (TPSA) is 21.1 Å². The van der Waals surface area contributed by atoms with Gasteiger partial charge in [0.05, 0.1) is 16.7 Å². The van der Waals surface area contributed by atoms with Crippen LogP contribution >= 0.6 is 11.3 Å². The number of rotatable bonds is 3. The molecule has 1 aliphatic rings. The van der Waals surface area contributed by atoms with Crippen LogP contribution in [-0.2, 0) is 0 Å². The summed E-state index contributed by atoms with van der Waals surface area (Å²) in [6.45, 7) is 6.40. The van der Waals surface area contributed by atoms with Crippen molar-refractivity contribution in [1.29, 1.82) is 0 Å². The van der Waals surface area contributed by atoms with Crippen molar-refractivity contribution in [2.45, 2.75) is 6.92 Å². The highest BCUT2D eigenvalue weighted by molar-refractivity contribution is 7.25. The Bertz CT molecular complexity index is 1970. The van der Waals surface area contributed by atoms with Crippen molar-refractivity contribution in [1.82, 2.24) is 9.66 Å². The standard InChI is InChI=1S/C32H23N3S/c1-3-23-30-22(20-25-24-14-8-11-17-29(24)36-31(23)25)18-19-34(27(30)4-2)35-28-16-10-9-15-26(28)33-32(35)21-12-6-5-7-13-21/h3-20H,2H2,1H3/b23-3+. The van der Waals surface area contributed by atoms with Gasteiger partial charge in [0.25, 0.3) is 0 Å². The summed E-state index contributed by atoms with van der Waals surface area (Å²) >= 11 is 1.86. The first kappa shape index (κ1) is 20.9. The van der Waals surface area contributed by atoms with E-state index in [1.165, 1.54) is 36.2 Å². The van der Waals surface area contributed by atoms with Crippen LogP contribution in [0.4, 0.5) is 0 Å². The van der Waals surface area contributed by atoms with Crippen LogP contribution in [0.5, 0.6) is 0 Å². The molecule has 0 bridgehead atoms. The van der Waals surface area contributed by atoms with Gasteiger partial charge < -0.3 is 0 Å². The quantitative estimate of drug-likeness (QED) is 0.278. The number of hydrogen-bond donors (Lipinski definition) is 0. The molecule has 4 heteroatoms. The predicted molar refractivity (Wildman–Crippen MR) is 155 cm³/mol. The summed E-state index contributed by atoms with van der Waals surface area (Å²) in [6.07, 6.45) is 8.56. The average Bonchev–Trinajstić information content (AvgIpc) is 3.50. The number of nitrogens with zero attached hydrogens (tertiary/aromatic N) is 3. The van der Waals surface area contributed by atoms with E-state index in [-0.39, 0.29) is 0 Å². The van der Waals surface area contributed by atoms with Crippen LogP contribution in [0, 0.1) is 0 Å². The van der Waals surface area contributed by atoms with Gasteiger partial charge in [0.1, 0.15) is 0 Å². The maximum Gasteiger partial charge on any atom is 0.160 e. The Kier molecular flexibility index (Phi) is 4.69. The molecule has 1 aliphatic heterocycles. The van der Waals surface area contributed by atoms with Crippen LogP contribution < -0.4 is 15.4 Å². The Morgan fingerprint density at radius 1 is 0.889 bits per heavy atom. The Balaban J connectivity index is 1.59. The first-order valence-electron chi connectivity index (χ1n) is 12.1. The fourth-order valence-corrected chi connectivity index (χ4v) is 6.58. The van der Waals surface area contributed by atoms with E-state index in [9.17, 15) is 0 Å². The third kappa shape index (κ3) is 2.95. The van der Waals surface area contributed by atoms with Crippen LogP contribution in [-0.4, -0.2) is 9.66 Å². The lowest BCUT2D eigenvalue weighted by Crippen LogP contribution is -2.40. The highest BCUT2D eigenvalue weighted by Crippen LogP contribution is 2.33. The minimum atomic E-state index is 0.897. The fraction of sp³-hybridized carbons (Fsp3) is 0.0312. The van der Waals surface area contributed by atoms with E-state index in [4.69, 9.17) is 4.98 Å². The highest BCUT2D eigenvalue weighted by Gasteiger charge is 2.22. The number of thiophene rings is 1. The second-order valence-electron chi connectivity index (χ2n) is 8.87. The van der Waals surface area contributed by atoms with Crippen molar-refractivity contribution in [3.05, 3.63) is 120 Å². The molecule has 2 aromatic heterocycles. The van der Waals surface area contributed by atoms with Crippen molar-refractivity contribution in [3.8, 4) is 11.4 Å². The maximum absolute atomic E-state index is 5.04. The molecule has 0 aliphatic carbocycles. The fourth-order valence-electron chi connectivity index (χ4n) is 5.32. The first-order valence-corrected chi connectivity index (χ1v) is 12.9. The summed E-state index contributed by atoms with van der Waals surface area (Å²) in [6, 6.07) is 29.7. The molecule has 0 atom stereocenters. The molecule has 0 N–H and O–H groups in total. The second kappa shape index (κ2) is 8.08. The summed E-state index contributed by atoms with van der Waals surface area (Å²) in [5.74, 6) is 0.897. The zero-order valence-corrected chi connectivity index (χ0v) is 20.7. The molecule has 0 saturated heterocycles. The van der Waals surface area contributed by atoms with E-state index in [1.807, 2.05) is 29.5 Å². The number of aromatic nitrogens is 2. The molecule has 0 amide bonds. The normalized spacial score (nSPS) is 13.8. The van der Waals surface area contributed by atoms with Crippen LogP contribution in [0.25, 0.3) is 60.4 Å². The minimum Gasteiger partial charge on any atom is -0.254 e. The molecule has 3 nitrogen and oxygen atoms in total. The summed E-state index contributed by atoms with van der Waals surface area (Å²) in [7, 11) is 0. The van der Waals surface area contributed by atoms with E-state index in [2.05, 4.69) is 114 Å². The van der Waals surface area contributed by atoms with Gasteiger partial charge in [-0.1, -0.05) is 73.3 Å². The first-order chi connectivity index (χ1) is 17.8. The smallest absolute Gasteiger partial charge is 0.160 e. The largest absolute Gasteiger partial charge is 0.254 e. The molecular weight excluding hydrogens is 458 g/mol. The summed E-state index contributed by atoms with van der Waals surface area (Å²) in [5.41, 5.74) is 5.32. The third-order valence-corrected chi connectivity index (χ3v) is 8.12. The lowest BCUT2D eigenvalue weighted by atomic mass is 10.0. The molecule has 0 saturated carbocycles. The Hall–Kier alpha value is -4.41. The van der Waals surface area contributed by atoms with Crippen LogP contribution in [0.2, 0.25) is 0 Å². The van der Waals surface area contributed by atoms with Crippen LogP contribution in [0.3, 0.4) is 0 Å². The van der Waals surface area contributed by atoms with Gasteiger partial charge >= 0.3 is 0 Å². The molecule has 36 heavy (non-hydrogen) atoms. The van der Waals surface area contributed by atoms with E-state index in [0.29, 0.717) is 0 Å². The van der Waals surface area contributed by atoms with E-state index in [0.717, 1.165) is 28.1 Å². The Morgan fingerprint density at radius 3 is 2.50 bits per heavy atom. The zero-order chi connectivity index (χ0) is 24.2. The van der Waals surface area contributed by atoms with Crippen molar-refractivity contribution in [2.75, 3.05) is 5.01 Å². The van der Waals surface area contributed by atoms with Crippen LogP contribution in [0.15, 0.2) is 104 Å². The highest BCUT2D eigenvalue weighted by atomic mass is 32.1. The summed E-state index contributed by atoms with van der Waals surface area (Å²) in [5, 5.41) is 7.26. The van der Waals surface area contributed by atoms with E-state index in [1.54, 1.807) is 0 Å². The summed E-state index contributed by atoms with van der Waals surface area (Å²) in [4.78, 5) is 5.04. The average molecular weight is 482 g/mol. The van der Waals surface area contributed by atoms with Crippen molar-refractivity contribution in [3.63, 3.8) is 0 Å². The third-order valence-electron chi connectivity index (χ3n) is 6.90. The molecular formula is C32H23N3S. The van der Waals surface area contributed by atoms with Crippen molar-refractivity contribution >= 4 is 60.4 Å². The van der Waals surface area contributed by atoms with Gasteiger partial charge in [-0.15, -0.1) is 11.3 Å². The van der Waals surface area contributed by atoms with E-state index < -0.39 is 0 Å². The number of hydrogen-bond acceptors (Lipinski definition) is 3. The molecule has 0 spiro atoms. The second-order valence-corrected chi connectivity index (χ2v) is 9.92. The molecule has 0 radical (unpaired) electrons. The van der Waals surface area contributed by atoms with Gasteiger partial charge in [0.15, 0.2) is 5.82 Å². The monoisotopic (exact) mass is 481 g/mol. The predicted octanol–water partition coefficient (Wildman–Crippen LogP) is 6.79. The van der Waals surface area contributed by atoms with Gasteiger partial charge in [-0.3, -0.25) is 5.01 Å². The Labute approximate surface area is 212 Å². The van der Waals surface area contributed by atoms with Gasteiger partial charge in [-0.05, 0) is 54.1 Å². The zero-order valence-electron chi connectivity index (χ0n) is 19.8. The van der Waals surface area contributed by atoms with Crippen LogP contribution in [0.1, 0.15) is 12.5 Å². The Morgan fingerprint density at radius 2 is 1.67 bits per heavy atom. The van der Waals surface area contributed by atoms with Gasteiger partial charge in [-0.2, -0.15) is 0 Å². The minimum absolute atomic E-state index is 0.897. The molecule has 0 unspecified atom stereocenters. The van der Waals surface area contributed by atoms with E-state index >= 15 is 0 Å². The molecule has 4 aromatic carbocycles. The lowest BCUT2D eigenvalue weighted by Gasteiger charge is -2.28. The van der Waals surface area contributed by atoms with Crippen molar-refractivity contribution in [2.24, 2.45) is 0 Å². The maximum atomic E-state index is 5.04.